The third kappa shape index (κ3) is 3.65. The molecule has 2 nitrogen and oxygen atoms in total. The highest BCUT2D eigenvalue weighted by Gasteiger charge is 2.10. The molecule has 0 bridgehead atoms. The van der Waals surface area contributed by atoms with Gasteiger partial charge in [-0.05, 0) is 24.5 Å². The van der Waals surface area contributed by atoms with Crippen LogP contribution < -0.4 is 10.5 Å². The van der Waals surface area contributed by atoms with Crippen LogP contribution in [0, 0.1) is 5.92 Å². The lowest BCUT2D eigenvalue weighted by Gasteiger charge is -2.12. The Kier molecular flexibility index (Phi) is 5.03. The molecule has 0 saturated carbocycles. The average molecular weight is 258 g/mol. The molecule has 16 heavy (non-hydrogen) atoms. The molecule has 0 heterocycles. The molecule has 0 amide bonds. The van der Waals surface area contributed by atoms with E-state index in [1.807, 2.05) is 12.1 Å². The van der Waals surface area contributed by atoms with E-state index in [0.717, 1.165) is 6.42 Å². The van der Waals surface area contributed by atoms with Crippen molar-refractivity contribution < 1.29 is 4.74 Å². The lowest BCUT2D eigenvalue weighted by atomic mass is 10.1. The molecule has 0 aliphatic rings. The fourth-order valence-corrected chi connectivity index (χ4v) is 1.80. The Labute approximate surface area is 107 Å². The number of benzene rings is 1. The van der Waals surface area contributed by atoms with E-state index >= 15 is 0 Å². The molecule has 0 aromatic heterocycles. The maximum Gasteiger partial charge on any atom is 0.130 e. The van der Waals surface area contributed by atoms with Crippen molar-refractivity contribution in [2.24, 2.45) is 11.7 Å². The maximum absolute atomic E-state index is 6.02. The van der Waals surface area contributed by atoms with Crippen LogP contribution in [0.3, 0.4) is 0 Å². The van der Waals surface area contributed by atoms with Gasteiger partial charge in [0, 0.05) is 0 Å². The highest BCUT2D eigenvalue weighted by atomic mass is 35.5. The van der Waals surface area contributed by atoms with Crippen LogP contribution in [0.1, 0.15) is 25.8 Å². The topological polar surface area (TPSA) is 35.2 Å². The summed E-state index contributed by atoms with van der Waals surface area (Å²) in [5.74, 6) is 1.27. The summed E-state index contributed by atoms with van der Waals surface area (Å²) < 4.78 is 5.64. The molecule has 0 saturated heterocycles. The van der Waals surface area contributed by atoms with E-state index in [-0.39, 0.29) is 4.99 Å². The summed E-state index contributed by atoms with van der Waals surface area (Å²) in [5, 5.41) is 0.537. The van der Waals surface area contributed by atoms with Gasteiger partial charge in [0.15, 0.2) is 0 Å². The third-order valence-corrected chi connectivity index (χ3v) is 2.69. The van der Waals surface area contributed by atoms with E-state index in [4.69, 9.17) is 34.3 Å². The van der Waals surface area contributed by atoms with Crippen molar-refractivity contribution in [2.45, 2.75) is 20.3 Å². The summed E-state index contributed by atoms with van der Waals surface area (Å²) in [5.41, 5.74) is 6.24. The van der Waals surface area contributed by atoms with Gasteiger partial charge in [-0.15, -0.1) is 0 Å². The van der Waals surface area contributed by atoms with Crippen molar-refractivity contribution in [3.63, 3.8) is 0 Å². The average Bonchev–Trinajstić information content (AvgIpc) is 2.16. The van der Waals surface area contributed by atoms with Crippen molar-refractivity contribution in [3.8, 4) is 5.75 Å². The first kappa shape index (κ1) is 13.3. The van der Waals surface area contributed by atoms with E-state index in [1.54, 1.807) is 6.07 Å². The quantitative estimate of drug-likeness (QED) is 0.822. The smallest absolute Gasteiger partial charge is 0.130 e. The first-order valence-electron chi connectivity index (χ1n) is 5.23. The van der Waals surface area contributed by atoms with Gasteiger partial charge in [0.2, 0.25) is 0 Å². The van der Waals surface area contributed by atoms with Crippen LogP contribution in [-0.4, -0.2) is 11.6 Å². The first-order valence-corrected chi connectivity index (χ1v) is 6.02. The van der Waals surface area contributed by atoms with Crippen molar-refractivity contribution in [1.82, 2.24) is 0 Å². The first-order chi connectivity index (χ1) is 7.52. The fraction of sp³-hybridized carbons (Fsp3) is 0.417. The van der Waals surface area contributed by atoms with Gasteiger partial charge in [-0.2, -0.15) is 0 Å². The predicted molar refractivity (Wildman–Crippen MR) is 72.3 cm³/mol. The monoisotopic (exact) mass is 257 g/mol. The molecule has 0 unspecified atom stereocenters. The summed E-state index contributed by atoms with van der Waals surface area (Å²) in [6.45, 7) is 4.94. The normalized spacial score (nSPS) is 10.5. The Morgan fingerprint density at radius 2 is 2.19 bits per heavy atom. The number of halogens is 1. The number of hydrogen-bond acceptors (Lipinski definition) is 2. The van der Waals surface area contributed by atoms with Crippen LogP contribution in [0.5, 0.6) is 5.75 Å². The molecule has 1 aromatic rings. The summed E-state index contributed by atoms with van der Waals surface area (Å²) >= 11 is 11.0. The maximum atomic E-state index is 6.02. The van der Waals surface area contributed by atoms with Gasteiger partial charge in [-0.3, -0.25) is 0 Å². The Bertz CT molecular complexity index is 379. The molecule has 4 heteroatoms. The molecule has 0 fully saturated rings. The molecule has 0 radical (unpaired) electrons. The summed E-state index contributed by atoms with van der Waals surface area (Å²) in [7, 11) is 0. The van der Waals surface area contributed by atoms with Crippen molar-refractivity contribution in [1.29, 1.82) is 0 Å². The van der Waals surface area contributed by atoms with Gasteiger partial charge in [0.1, 0.15) is 10.7 Å². The van der Waals surface area contributed by atoms with Crippen molar-refractivity contribution >= 4 is 28.8 Å². The fourth-order valence-electron chi connectivity index (χ4n) is 1.27. The van der Waals surface area contributed by atoms with Gasteiger partial charge in [-0.25, -0.2) is 0 Å². The van der Waals surface area contributed by atoms with Gasteiger partial charge in [-0.1, -0.05) is 43.7 Å². The van der Waals surface area contributed by atoms with Crippen LogP contribution in [0.25, 0.3) is 0 Å². The van der Waals surface area contributed by atoms with Crippen molar-refractivity contribution in [2.75, 3.05) is 6.61 Å². The van der Waals surface area contributed by atoms with Gasteiger partial charge in [0.05, 0.1) is 17.2 Å². The largest absolute Gasteiger partial charge is 0.493 e. The van der Waals surface area contributed by atoms with Gasteiger partial charge < -0.3 is 10.5 Å². The molecule has 1 aromatic carbocycles. The van der Waals surface area contributed by atoms with Crippen LogP contribution in [0.15, 0.2) is 18.2 Å². The second-order valence-corrected chi connectivity index (χ2v) is 4.86. The zero-order valence-corrected chi connectivity index (χ0v) is 11.1. The molecule has 88 valence electrons. The van der Waals surface area contributed by atoms with Crippen LogP contribution in [0.4, 0.5) is 0 Å². The molecular weight excluding hydrogens is 242 g/mol. The van der Waals surface area contributed by atoms with Crippen LogP contribution >= 0.6 is 23.8 Å². The van der Waals surface area contributed by atoms with E-state index in [1.165, 1.54) is 0 Å². The highest BCUT2D eigenvalue weighted by Crippen LogP contribution is 2.26. The number of nitrogens with two attached hydrogens (primary N) is 1. The second kappa shape index (κ2) is 6.06. The van der Waals surface area contributed by atoms with Crippen molar-refractivity contribution in [3.05, 3.63) is 28.8 Å². The minimum Gasteiger partial charge on any atom is -0.493 e. The highest BCUT2D eigenvalue weighted by molar-refractivity contribution is 7.80. The van der Waals surface area contributed by atoms with Gasteiger partial charge in [0.25, 0.3) is 0 Å². The third-order valence-electron chi connectivity index (χ3n) is 2.17. The minimum absolute atomic E-state index is 0.269. The van der Waals surface area contributed by atoms with E-state index < -0.39 is 0 Å². The number of ether oxygens (including phenoxy) is 1. The minimum atomic E-state index is 0.269. The zero-order chi connectivity index (χ0) is 12.1. The van der Waals surface area contributed by atoms with E-state index in [2.05, 4.69) is 13.8 Å². The lowest BCUT2D eigenvalue weighted by molar-refractivity contribution is 0.289. The summed E-state index contributed by atoms with van der Waals surface area (Å²) in [4.78, 5) is 0.269. The second-order valence-electron chi connectivity index (χ2n) is 4.01. The van der Waals surface area contributed by atoms with Crippen LogP contribution in [0.2, 0.25) is 5.02 Å². The lowest BCUT2D eigenvalue weighted by Crippen LogP contribution is -2.13. The molecule has 0 atom stereocenters. The predicted octanol–water partition coefficient (Wildman–Crippen LogP) is 3.40. The van der Waals surface area contributed by atoms with Crippen LogP contribution in [-0.2, 0) is 0 Å². The van der Waals surface area contributed by atoms with Gasteiger partial charge >= 0.3 is 0 Å². The summed E-state index contributed by atoms with van der Waals surface area (Å²) in [6.07, 6.45) is 0.989. The number of thiocarbonyl (C=S) groups is 1. The molecule has 0 spiro atoms. The van der Waals surface area contributed by atoms with E-state index in [0.29, 0.717) is 28.9 Å². The molecule has 0 aliphatic heterocycles. The zero-order valence-electron chi connectivity index (χ0n) is 9.50. The molecular formula is C12H16ClNOS. The SMILES string of the molecule is CC(C)CCOc1cccc(Cl)c1C(N)=S. The standard InChI is InChI=1S/C12H16ClNOS/c1-8(2)6-7-15-10-5-3-4-9(13)11(10)12(14)16/h3-5,8H,6-7H2,1-2H3,(H2,14,16). The molecule has 0 aliphatic carbocycles. The number of rotatable bonds is 5. The Morgan fingerprint density at radius 3 is 2.75 bits per heavy atom. The van der Waals surface area contributed by atoms with E-state index in [9.17, 15) is 0 Å². The number of hydrogen-bond donors (Lipinski definition) is 1. The Morgan fingerprint density at radius 1 is 1.50 bits per heavy atom. The Balaban J connectivity index is 2.79. The molecule has 1 rings (SSSR count). The Hall–Kier alpha value is -0.800. The summed E-state index contributed by atoms with van der Waals surface area (Å²) in [6, 6.07) is 5.42. The molecule has 2 N–H and O–H groups in total.